The molecule has 1 saturated heterocycles. The molecule has 0 aliphatic carbocycles. The Hall–Kier alpha value is -1.56. The molecule has 2 rings (SSSR count). The summed E-state index contributed by atoms with van der Waals surface area (Å²) in [4.78, 5) is 14.0. The third-order valence-corrected chi connectivity index (χ3v) is 3.20. The highest BCUT2D eigenvalue weighted by Crippen LogP contribution is 2.29. The molecule has 6 heteroatoms. The van der Waals surface area contributed by atoms with Crippen molar-refractivity contribution in [3.05, 3.63) is 35.4 Å². The van der Waals surface area contributed by atoms with Gasteiger partial charge in [-0.05, 0) is 44.3 Å². The van der Waals surface area contributed by atoms with Gasteiger partial charge in [0.2, 0.25) is 0 Å². The minimum atomic E-state index is -4.37. The molecule has 0 aromatic heterocycles. The van der Waals surface area contributed by atoms with Crippen LogP contribution in [0.3, 0.4) is 0 Å². The number of hydrogen-bond donors (Lipinski definition) is 1. The van der Waals surface area contributed by atoms with Gasteiger partial charge in [-0.1, -0.05) is 0 Å². The highest BCUT2D eigenvalue weighted by molar-refractivity contribution is 5.94. The largest absolute Gasteiger partial charge is 0.416 e. The molecular weight excluding hydrogens is 257 g/mol. The molecule has 0 bridgehead atoms. The van der Waals surface area contributed by atoms with Crippen molar-refractivity contribution in [2.75, 3.05) is 20.1 Å². The standard InChI is InChI=1S/C13H15F3N2O/c1-18-7-6-11(8-18)17-12(19)9-2-4-10(5-3-9)13(14,15)16/h2-5,11H,6-8H2,1H3,(H,17,19). The van der Waals surface area contributed by atoms with Crippen molar-refractivity contribution in [3.63, 3.8) is 0 Å². The number of carbonyl (C=O) groups is 1. The van der Waals surface area contributed by atoms with Crippen LogP contribution >= 0.6 is 0 Å². The van der Waals surface area contributed by atoms with Crippen molar-refractivity contribution in [2.45, 2.75) is 18.6 Å². The Bertz CT molecular complexity index is 456. The van der Waals surface area contributed by atoms with Gasteiger partial charge in [-0.15, -0.1) is 0 Å². The van der Waals surface area contributed by atoms with E-state index in [1.165, 1.54) is 12.1 Å². The highest BCUT2D eigenvalue weighted by Gasteiger charge is 2.30. The normalized spacial score (nSPS) is 20.5. The highest BCUT2D eigenvalue weighted by atomic mass is 19.4. The summed E-state index contributed by atoms with van der Waals surface area (Å²) in [6, 6.07) is 4.33. The first kappa shape index (κ1) is 13.9. The molecule has 1 fully saturated rings. The lowest BCUT2D eigenvalue weighted by atomic mass is 10.1. The summed E-state index contributed by atoms with van der Waals surface area (Å²) in [5.41, 5.74) is -0.493. The fourth-order valence-electron chi connectivity index (χ4n) is 2.13. The maximum absolute atomic E-state index is 12.4. The number of carbonyl (C=O) groups excluding carboxylic acids is 1. The van der Waals surface area contributed by atoms with Crippen LogP contribution in [0.25, 0.3) is 0 Å². The van der Waals surface area contributed by atoms with Gasteiger partial charge in [0.25, 0.3) is 5.91 Å². The minimum absolute atomic E-state index is 0.0693. The van der Waals surface area contributed by atoms with Crippen LogP contribution in [0.15, 0.2) is 24.3 Å². The van der Waals surface area contributed by atoms with Crippen molar-refractivity contribution in [1.29, 1.82) is 0 Å². The molecule has 1 heterocycles. The summed E-state index contributed by atoms with van der Waals surface area (Å²) >= 11 is 0. The molecule has 1 atom stereocenters. The summed E-state index contributed by atoms with van der Waals surface area (Å²) in [6.07, 6.45) is -3.51. The average molecular weight is 272 g/mol. The molecule has 104 valence electrons. The van der Waals surface area contributed by atoms with Crippen LogP contribution < -0.4 is 5.32 Å². The van der Waals surface area contributed by atoms with Crippen LogP contribution in [-0.4, -0.2) is 37.0 Å². The number of benzene rings is 1. The number of alkyl halides is 3. The van der Waals surface area contributed by atoms with Gasteiger partial charge in [0, 0.05) is 18.2 Å². The maximum Gasteiger partial charge on any atom is 0.416 e. The third-order valence-electron chi connectivity index (χ3n) is 3.20. The Morgan fingerprint density at radius 3 is 2.42 bits per heavy atom. The van der Waals surface area contributed by atoms with Crippen molar-refractivity contribution in [3.8, 4) is 0 Å². The van der Waals surface area contributed by atoms with E-state index in [0.717, 1.165) is 31.6 Å². The molecule has 1 aromatic rings. The number of nitrogens with one attached hydrogen (secondary N) is 1. The number of nitrogens with zero attached hydrogens (tertiary/aromatic N) is 1. The summed E-state index contributed by atoms with van der Waals surface area (Å²) < 4.78 is 37.2. The van der Waals surface area contributed by atoms with Crippen LogP contribution in [-0.2, 0) is 6.18 Å². The van der Waals surface area contributed by atoms with Crippen LogP contribution in [0.4, 0.5) is 13.2 Å². The van der Waals surface area contributed by atoms with Crippen LogP contribution in [0.2, 0.25) is 0 Å². The predicted octanol–water partition coefficient (Wildman–Crippen LogP) is 2.14. The molecule has 19 heavy (non-hydrogen) atoms. The predicted molar refractivity (Wildman–Crippen MR) is 64.8 cm³/mol. The van der Waals surface area contributed by atoms with E-state index in [2.05, 4.69) is 10.2 Å². The van der Waals surface area contributed by atoms with Gasteiger partial charge in [-0.25, -0.2) is 0 Å². The van der Waals surface area contributed by atoms with Gasteiger partial charge in [-0.3, -0.25) is 4.79 Å². The van der Waals surface area contributed by atoms with Crippen LogP contribution in [0.5, 0.6) is 0 Å². The smallest absolute Gasteiger partial charge is 0.348 e. The number of likely N-dealkylation sites (tertiary alicyclic amines) is 1. The zero-order valence-corrected chi connectivity index (χ0v) is 10.5. The first-order valence-corrected chi connectivity index (χ1v) is 6.03. The Morgan fingerprint density at radius 2 is 1.95 bits per heavy atom. The first-order chi connectivity index (χ1) is 8.86. The molecule has 0 spiro atoms. The fourth-order valence-corrected chi connectivity index (χ4v) is 2.13. The lowest BCUT2D eigenvalue weighted by Crippen LogP contribution is -2.36. The van der Waals surface area contributed by atoms with Crippen molar-refractivity contribution >= 4 is 5.91 Å². The lowest BCUT2D eigenvalue weighted by molar-refractivity contribution is -0.137. The number of rotatable bonds is 2. The fraction of sp³-hybridized carbons (Fsp3) is 0.462. The molecule has 1 aromatic carbocycles. The van der Waals surface area contributed by atoms with E-state index in [1.807, 2.05) is 7.05 Å². The molecule has 0 radical (unpaired) electrons. The quantitative estimate of drug-likeness (QED) is 0.894. The van der Waals surface area contributed by atoms with Crippen LogP contribution in [0, 0.1) is 0 Å². The van der Waals surface area contributed by atoms with Gasteiger partial charge < -0.3 is 10.2 Å². The molecule has 0 saturated carbocycles. The number of hydrogen-bond acceptors (Lipinski definition) is 2. The molecule has 3 nitrogen and oxygen atoms in total. The molecule has 1 N–H and O–H groups in total. The number of amides is 1. The summed E-state index contributed by atoms with van der Waals surface area (Å²) in [5, 5.41) is 2.82. The van der Waals surface area contributed by atoms with E-state index >= 15 is 0 Å². The second-order valence-corrected chi connectivity index (χ2v) is 4.80. The topological polar surface area (TPSA) is 32.3 Å². The molecule has 1 amide bonds. The van der Waals surface area contributed by atoms with Crippen molar-refractivity contribution < 1.29 is 18.0 Å². The SMILES string of the molecule is CN1CCC(NC(=O)c2ccc(C(F)(F)F)cc2)C1. The zero-order chi connectivity index (χ0) is 14.0. The van der Waals surface area contributed by atoms with E-state index in [-0.39, 0.29) is 17.5 Å². The number of likely N-dealkylation sites (N-methyl/N-ethyl adjacent to an activating group) is 1. The number of halogens is 3. The lowest BCUT2D eigenvalue weighted by Gasteiger charge is -2.13. The van der Waals surface area contributed by atoms with E-state index in [0.29, 0.717) is 0 Å². The zero-order valence-electron chi connectivity index (χ0n) is 10.5. The molecular formula is C13H15F3N2O. The Balaban J connectivity index is 2.00. The molecule has 1 aliphatic rings. The van der Waals surface area contributed by atoms with Gasteiger partial charge in [-0.2, -0.15) is 13.2 Å². The van der Waals surface area contributed by atoms with Crippen molar-refractivity contribution in [1.82, 2.24) is 10.2 Å². The van der Waals surface area contributed by atoms with Gasteiger partial charge in [0.05, 0.1) is 5.56 Å². The Labute approximate surface area is 109 Å². The minimum Gasteiger partial charge on any atom is -0.348 e. The van der Waals surface area contributed by atoms with Gasteiger partial charge >= 0.3 is 6.18 Å². The van der Waals surface area contributed by atoms with Crippen molar-refractivity contribution in [2.24, 2.45) is 0 Å². The molecule has 1 unspecified atom stereocenters. The Morgan fingerprint density at radius 1 is 1.32 bits per heavy atom. The van der Waals surface area contributed by atoms with Crippen LogP contribution in [0.1, 0.15) is 22.3 Å². The monoisotopic (exact) mass is 272 g/mol. The Kier molecular flexibility index (Phi) is 3.80. The first-order valence-electron chi connectivity index (χ1n) is 6.03. The van der Waals surface area contributed by atoms with Gasteiger partial charge in [0.1, 0.15) is 0 Å². The summed E-state index contributed by atoms with van der Waals surface area (Å²) in [5.74, 6) is -0.325. The third kappa shape index (κ3) is 3.47. The van der Waals surface area contributed by atoms with E-state index in [1.54, 1.807) is 0 Å². The average Bonchev–Trinajstić information content (AvgIpc) is 2.74. The van der Waals surface area contributed by atoms with E-state index in [4.69, 9.17) is 0 Å². The van der Waals surface area contributed by atoms with E-state index in [9.17, 15) is 18.0 Å². The maximum atomic E-state index is 12.4. The molecule has 1 aliphatic heterocycles. The summed E-state index contributed by atoms with van der Waals surface area (Å²) in [6.45, 7) is 1.68. The second kappa shape index (κ2) is 5.21. The summed E-state index contributed by atoms with van der Waals surface area (Å²) in [7, 11) is 1.96. The van der Waals surface area contributed by atoms with Gasteiger partial charge in [0.15, 0.2) is 0 Å². The van der Waals surface area contributed by atoms with E-state index < -0.39 is 11.7 Å². The second-order valence-electron chi connectivity index (χ2n) is 4.80.